The summed E-state index contributed by atoms with van der Waals surface area (Å²) in [6.45, 7) is 6.32. The highest BCUT2D eigenvalue weighted by Gasteiger charge is 2.31. The van der Waals surface area contributed by atoms with Crippen LogP contribution in [-0.2, 0) is 4.79 Å². The molecule has 5 heteroatoms. The molecule has 4 nitrogen and oxygen atoms in total. The molecule has 1 unspecified atom stereocenters. The molecule has 0 radical (unpaired) electrons. The number of benzene rings is 1. The standard InChI is InChI=1S/C15H22FNO3/c1-4-17-15(3,14(18)19)8-5-9-20-13-7-6-12(16)10-11(13)2/h6-7,10,17H,4-5,8-9H2,1-3H3,(H,18,19). The van der Waals surface area contributed by atoms with Crippen LogP contribution in [0.1, 0.15) is 32.3 Å². The lowest BCUT2D eigenvalue weighted by atomic mass is 9.96. The second kappa shape index (κ2) is 7.24. The van der Waals surface area contributed by atoms with E-state index in [2.05, 4.69) is 5.32 Å². The molecule has 0 fully saturated rings. The topological polar surface area (TPSA) is 58.6 Å². The van der Waals surface area contributed by atoms with E-state index < -0.39 is 11.5 Å². The first-order chi connectivity index (χ1) is 9.39. The molecule has 0 amide bonds. The average molecular weight is 283 g/mol. The highest BCUT2D eigenvalue weighted by molar-refractivity contribution is 5.78. The molecule has 2 N–H and O–H groups in total. The third kappa shape index (κ3) is 4.49. The minimum atomic E-state index is -0.935. The molecule has 1 aromatic rings. The third-order valence-electron chi connectivity index (χ3n) is 3.25. The maximum absolute atomic E-state index is 12.9. The Hall–Kier alpha value is -1.62. The molecule has 0 spiro atoms. The Bertz CT molecular complexity index is 464. The molecule has 1 atom stereocenters. The smallest absolute Gasteiger partial charge is 0.323 e. The Morgan fingerprint density at radius 1 is 1.50 bits per heavy atom. The summed E-state index contributed by atoms with van der Waals surface area (Å²) in [7, 11) is 0. The monoisotopic (exact) mass is 283 g/mol. The fourth-order valence-electron chi connectivity index (χ4n) is 2.04. The van der Waals surface area contributed by atoms with Crippen LogP contribution in [-0.4, -0.2) is 29.8 Å². The van der Waals surface area contributed by atoms with Crippen LogP contribution in [0.3, 0.4) is 0 Å². The number of hydrogen-bond donors (Lipinski definition) is 2. The molecule has 1 rings (SSSR count). The van der Waals surface area contributed by atoms with E-state index in [1.165, 1.54) is 12.1 Å². The van der Waals surface area contributed by atoms with Crippen LogP contribution in [0.15, 0.2) is 18.2 Å². The van der Waals surface area contributed by atoms with Crippen molar-refractivity contribution < 1.29 is 19.0 Å². The number of halogens is 1. The van der Waals surface area contributed by atoms with Gasteiger partial charge in [-0.3, -0.25) is 4.79 Å². The van der Waals surface area contributed by atoms with Crippen molar-refractivity contribution >= 4 is 5.97 Å². The zero-order valence-electron chi connectivity index (χ0n) is 12.2. The van der Waals surface area contributed by atoms with Gasteiger partial charge in [-0.05, 0) is 57.0 Å². The maximum Gasteiger partial charge on any atom is 0.323 e. The van der Waals surface area contributed by atoms with Crippen molar-refractivity contribution in [2.45, 2.75) is 39.2 Å². The van der Waals surface area contributed by atoms with Crippen molar-refractivity contribution in [2.24, 2.45) is 0 Å². The van der Waals surface area contributed by atoms with E-state index in [-0.39, 0.29) is 5.82 Å². The van der Waals surface area contributed by atoms with E-state index in [1.54, 1.807) is 19.9 Å². The van der Waals surface area contributed by atoms with Gasteiger partial charge in [0.2, 0.25) is 0 Å². The molecular weight excluding hydrogens is 261 g/mol. The van der Waals surface area contributed by atoms with Crippen molar-refractivity contribution in [1.82, 2.24) is 5.32 Å². The highest BCUT2D eigenvalue weighted by atomic mass is 19.1. The molecule has 0 aliphatic heterocycles. The predicted molar refractivity (Wildman–Crippen MR) is 75.6 cm³/mol. The zero-order valence-corrected chi connectivity index (χ0v) is 12.2. The zero-order chi connectivity index (χ0) is 15.2. The summed E-state index contributed by atoms with van der Waals surface area (Å²) in [5.74, 6) is -0.523. The number of nitrogens with one attached hydrogen (secondary N) is 1. The molecular formula is C15H22FNO3. The van der Waals surface area contributed by atoms with Crippen LogP contribution in [0.2, 0.25) is 0 Å². The molecule has 0 aromatic heterocycles. The maximum atomic E-state index is 12.9. The van der Waals surface area contributed by atoms with E-state index in [1.807, 2.05) is 6.92 Å². The molecule has 20 heavy (non-hydrogen) atoms. The van der Waals surface area contributed by atoms with Gasteiger partial charge < -0.3 is 15.2 Å². The van der Waals surface area contributed by atoms with Gasteiger partial charge in [-0.25, -0.2) is 4.39 Å². The summed E-state index contributed by atoms with van der Waals surface area (Å²) in [5, 5.41) is 12.2. The molecule has 0 aliphatic carbocycles. The van der Waals surface area contributed by atoms with E-state index in [9.17, 15) is 14.3 Å². The van der Waals surface area contributed by atoms with Crippen LogP contribution < -0.4 is 10.1 Å². The molecule has 0 heterocycles. The van der Waals surface area contributed by atoms with Gasteiger partial charge >= 0.3 is 5.97 Å². The lowest BCUT2D eigenvalue weighted by molar-refractivity contribution is -0.144. The molecule has 0 bridgehead atoms. The first kappa shape index (κ1) is 16.4. The van der Waals surface area contributed by atoms with Gasteiger partial charge in [-0.15, -0.1) is 0 Å². The third-order valence-corrected chi connectivity index (χ3v) is 3.25. The Labute approximate surface area is 119 Å². The molecule has 0 saturated heterocycles. The number of carboxylic acids is 1. The van der Waals surface area contributed by atoms with Gasteiger partial charge in [0.05, 0.1) is 6.61 Å². The van der Waals surface area contributed by atoms with Crippen LogP contribution in [0.5, 0.6) is 5.75 Å². The number of carboxylic acid groups (broad SMARTS) is 1. The summed E-state index contributed by atoms with van der Waals surface area (Å²) < 4.78 is 18.5. The van der Waals surface area contributed by atoms with Crippen LogP contribution in [0, 0.1) is 12.7 Å². The summed E-state index contributed by atoms with van der Waals surface area (Å²) in [6.07, 6.45) is 1.07. The predicted octanol–water partition coefficient (Wildman–Crippen LogP) is 2.75. The first-order valence-corrected chi connectivity index (χ1v) is 6.76. The van der Waals surface area contributed by atoms with E-state index in [4.69, 9.17) is 4.74 Å². The average Bonchev–Trinajstić information content (AvgIpc) is 2.37. The molecule has 0 saturated carbocycles. The van der Waals surface area contributed by atoms with Gasteiger partial charge in [-0.2, -0.15) is 0 Å². The Morgan fingerprint density at radius 2 is 2.20 bits per heavy atom. The largest absolute Gasteiger partial charge is 0.493 e. The second-order valence-corrected chi connectivity index (χ2v) is 5.03. The number of likely N-dealkylation sites (N-methyl/N-ethyl adjacent to an activating group) is 1. The SMILES string of the molecule is CCNC(C)(CCCOc1ccc(F)cc1C)C(=O)O. The van der Waals surface area contributed by atoms with Crippen molar-refractivity contribution in [3.05, 3.63) is 29.6 Å². The lowest BCUT2D eigenvalue weighted by Crippen LogP contribution is -2.49. The Kier molecular flexibility index (Phi) is 5.95. The number of aliphatic carboxylic acids is 1. The number of hydrogen-bond acceptors (Lipinski definition) is 3. The van der Waals surface area contributed by atoms with Crippen LogP contribution in [0.25, 0.3) is 0 Å². The fraction of sp³-hybridized carbons (Fsp3) is 0.533. The van der Waals surface area contributed by atoms with E-state index in [0.29, 0.717) is 31.7 Å². The van der Waals surface area contributed by atoms with Crippen molar-refractivity contribution in [1.29, 1.82) is 0 Å². The Morgan fingerprint density at radius 3 is 2.75 bits per heavy atom. The van der Waals surface area contributed by atoms with Crippen LogP contribution >= 0.6 is 0 Å². The summed E-state index contributed by atoms with van der Waals surface area (Å²) in [4.78, 5) is 11.2. The highest BCUT2D eigenvalue weighted by Crippen LogP contribution is 2.19. The quantitative estimate of drug-likeness (QED) is 0.720. The van der Waals surface area contributed by atoms with Crippen molar-refractivity contribution in [2.75, 3.05) is 13.2 Å². The van der Waals surface area contributed by atoms with Crippen LogP contribution in [0.4, 0.5) is 4.39 Å². The summed E-state index contributed by atoms with van der Waals surface area (Å²) in [6, 6.07) is 4.35. The van der Waals surface area contributed by atoms with Gasteiger partial charge in [0.15, 0.2) is 0 Å². The van der Waals surface area contributed by atoms with Crippen molar-refractivity contribution in [3.63, 3.8) is 0 Å². The van der Waals surface area contributed by atoms with Gasteiger partial charge in [-0.1, -0.05) is 6.92 Å². The molecule has 112 valence electrons. The minimum absolute atomic E-state index is 0.291. The molecule has 0 aliphatic rings. The summed E-state index contributed by atoms with van der Waals surface area (Å²) in [5.41, 5.74) is -0.201. The van der Waals surface area contributed by atoms with Gasteiger partial charge in [0.1, 0.15) is 17.1 Å². The number of rotatable bonds is 8. The summed E-state index contributed by atoms with van der Waals surface area (Å²) >= 11 is 0. The van der Waals surface area contributed by atoms with Gasteiger partial charge in [0, 0.05) is 0 Å². The Balaban J connectivity index is 2.46. The van der Waals surface area contributed by atoms with Gasteiger partial charge in [0.25, 0.3) is 0 Å². The first-order valence-electron chi connectivity index (χ1n) is 6.76. The molecule has 1 aromatic carbocycles. The minimum Gasteiger partial charge on any atom is -0.493 e. The number of carbonyl (C=O) groups is 1. The second-order valence-electron chi connectivity index (χ2n) is 5.03. The van der Waals surface area contributed by atoms with Crippen molar-refractivity contribution in [3.8, 4) is 5.75 Å². The van der Waals surface area contributed by atoms with E-state index in [0.717, 1.165) is 5.56 Å². The number of aryl methyl sites for hydroxylation is 1. The lowest BCUT2D eigenvalue weighted by Gasteiger charge is -2.25. The van der Waals surface area contributed by atoms with E-state index >= 15 is 0 Å². The fourth-order valence-corrected chi connectivity index (χ4v) is 2.04. The number of ether oxygens (including phenoxy) is 1. The normalized spacial score (nSPS) is 13.8.